The van der Waals surface area contributed by atoms with E-state index in [2.05, 4.69) is 0 Å². The fraction of sp³-hybridized carbons (Fsp3) is 0.200. The van der Waals surface area contributed by atoms with Crippen molar-refractivity contribution in [2.45, 2.75) is 0 Å². The van der Waals surface area contributed by atoms with Crippen molar-refractivity contribution in [2.24, 2.45) is 0 Å². The molecule has 7 heteroatoms. The zero-order valence-electron chi connectivity index (χ0n) is 18.1. The monoisotopic (exact) mass is 436 g/mol. The van der Waals surface area contributed by atoms with Crippen LogP contribution in [0.3, 0.4) is 0 Å². The van der Waals surface area contributed by atoms with Crippen LogP contribution in [0.25, 0.3) is 11.1 Å². The zero-order valence-corrected chi connectivity index (χ0v) is 18.1. The van der Waals surface area contributed by atoms with Gasteiger partial charge in [-0.25, -0.2) is 4.79 Å². The van der Waals surface area contributed by atoms with E-state index in [4.69, 9.17) is 23.7 Å². The first-order valence-electron chi connectivity index (χ1n) is 9.82. The Morgan fingerprint density at radius 1 is 0.719 bits per heavy atom. The molecule has 0 saturated heterocycles. The van der Waals surface area contributed by atoms with Crippen LogP contribution in [0.4, 0.5) is 0 Å². The van der Waals surface area contributed by atoms with Crippen molar-refractivity contribution in [3.63, 3.8) is 0 Å². The normalized spacial score (nSPS) is 10.2. The van der Waals surface area contributed by atoms with Gasteiger partial charge in [-0.15, -0.1) is 0 Å². The van der Waals surface area contributed by atoms with E-state index in [9.17, 15) is 9.59 Å². The van der Waals surface area contributed by atoms with E-state index in [1.807, 2.05) is 42.5 Å². The van der Waals surface area contributed by atoms with Gasteiger partial charge in [0.2, 0.25) is 11.5 Å². The van der Waals surface area contributed by atoms with Crippen molar-refractivity contribution >= 4 is 11.8 Å². The fourth-order valence-electron chi connectivity index (χ4n) is 3.03. The maximum Gasteiger partial charge on any atom is 0.344 e. The number of Topliss-reactive ketones (excluding diaryl/α,β-unsaturated/α-hetero) is 1. The van der Waals surface area contributed by atoms with Gasteiger partial charge in [-0.05, 0) is 35.4 Å². The van der Waals surface area contributed by atoms with Crippen molar-refractivity contribution in [3.8, 4) is 34.1 Å². The summed E-state index contributed by atoms with van der Waals surface area (Å²) in [6.07, 6.45) is 0. The first-order valence-corrected chi connectivity index (χ1v) is 9.82. The number of hydrogen-bond donors (Lipinski definition) is 0. The van der Waals surface area contributed by atoms with E-state index in [0.29, 0.717) is 23.0 Å². The number of esters is 1. The number of rotatable bonds is 10. The van der Waals surface area contributed by atoms with E-state index in [0.717, 1.165) is 11.1 Å². The van der Waals surface area contributed by atoms with Crippen LogP contribution in [0.5, 0.6) is 23.0 Å². The molecule has 0 unspecified atom stereocenters. The van der Waals surface area contributed by atoms with Crippen LogP contribution in [0.15, 0.2) is 66.7 Å². The highest BCUT2D eigenvalue weighted by Crippen LogP contribution is 2.38. The van der Waals surface area contributed by atoms with E-state index in [-0.39, 0.29) is 12.2 Å². The second-order valence-electron chi connectivity index (χ2n) is 6.68. The summed E-state index contributed by atoms with van der Waals surface area (Å²) in [7, 11) is 4.38. The molecule has 0 aliphatic rings. The molecule has 166 valence electrons. The molecule has 0 aromatic heterocycles. The molecule has 0 spiro atoms. The Morgan fingerprint density at radius 3 is 1.88 bits per heavy atom. The topological polar surface area (TPSA) is 80.3 Å². The third-order valence-corrected chi connectivity index (χ3v) is 4.67. The molecule has 0 aliphatic carbocycles. The SMILES string of the molecule is COc1cc(C(=O)COC(=O)COc2ccc(-c3ccccc3)cc2)cc(OC)c1OC. The lowest BCUT2D eigenvalue weighted by Gasteiger charge is -2.13. The van der Waals surface area contributed by atoms with Gasteiger partial charge in [0.1, 0.15) is 5.75 Å². The Morgan fingerprint density at radius 2 is 1.31 bits per heavy atom. The van der Waals surface area contributed by atoms with Crippen LogP contribution in [-0.2, 0) is 9.53 Å². The number of methoxy groups -OCH3 is 3. The van der Waals surface area contributed by atoms with Gasteiger partial charge < -0.3 is 23.7 Å². The van der Waals surface area contributed by atoms with Crippen molar-refractivity contribution in [3.05, 3.63) is 72.3 Å². The number of benzene rings is 3. The molecule has 0 N–H and O–H groups in total. The van der Waals surface area contributed by atoms with Crippen LogP contribution < -0.4 is 18.9 Å². The summed E-state index contributed by atoms with van der Waals surface area (Å²) in [4.78, 5) is 24.5. The maximum absolute atomic E-state index is 12.5. The molecule has 0 radical (unpaired) electrons. The fourth-order valence-corrected chi connectivity index (χ4v) is 3.03. The average Bonchev–Trinajstić information content (AvgIpc) is 2.85. The molecular formula is C25H24O7. The molecule has 32 heavy (non-hydrogen) atoms. The van der Waals surface area contributed by atoms with Gasteiger partial charge >= 0.3 is 5.97 Å². The smallest absolute Gasteiger partial charge is 0.344 e. The molecule has 0 atom stereocenters. The van der Waals surface area contributed by atoms with Crippen LogP contribution in [0.2, 0.25) is 0 Å². The van der Waals surface area contributed by atoms with E-state index >= 15 is 0 Å². The Hall–Kier alpha value is -4.00. The summed E-state index contributed by atoms with van der Waals surface area (Å²) >= 11 is 0. The molecule has 7 nitrogen and oxygen atoms in total. The summed E-state index contributed by atoms with van der Waals surface area (Å²) in [6.45, 7) is -0.749. The molecule has 0 aliphatic heterocycles. The minimum Gasteiger partial charge on any atom is -0.493 e. The minimum absolute atomic E-state index is 0.268. The highest BCUT2D eigenvalue weighted by Gasteiger charge is 2.18. The van der Waals surface area contributed by atoms with Gasteiger partial charge in [0, 0.05) is 5.56 Å². The van der Waals surface area contributed by atoms with Gasteiger partial charge in [-0.1, -0.05) is 42.5 Å². The number of carbonyl (C=O) groups is 2. The van der Waals surface area contributed by atoms with Gasteiger partial charge in [-0.3, -0.25) is 4.79 Å². The van der Waals surface area contributed by atoms with E-state index in [1.54, 1.807) is 12.1 Å². The number of ketones is 1. The van der Waals surface area contributed by atoms with Crippen molar-refractivity contribution < 1.29 is 33.3 Å². The Kier molecular flexibility index (Phi) is 7.70. The predicted molar refractivity (Wildman–Crippen MR) is 119 cm³/mol. The van der Waals surface area contributed by atoms with Crippen LogP contribution in [-0.4, -0.2) is 46.3 Å². The molecule has 0 amide bonds. The van der Waals surface area contributed by atoms with Crippen LogP contribution >= 0.6 is 0 Å². The molecule has 0 saturated carbocycles. The second kappa shape index (κ2) is 10.9. The molecule has 0 heterocycles. The standard InChI is InChI=1S/C25H24O7/c1-28-22-13-19(14-23(29-2)25(22)30-3)21(26)15-32-24(27)16-31-20-11-9-18(10-12-20)17-7-5-4-6-8-17/h4-14H,15-16H2,1-3H3. The van der Waals surface area contributed by atoms with Crippen molar-refractivity contribution in [1.29, 1.82) is 0 Å². The maximum atomic E-state index is 12.5. The largest absolute Gasteiger partial charge is 0.493 e. The molecule has 0 bridgehead atoms. The van der Waals surface area contributed by atoms with Gasteiger partial charge in [0.25, 0.3) is 0 Å². The Bertz CT molecular complexity index is 1030. The first-order chi connectivity index (χ1) is 15.5. The third kappa shape index (κ3) is 5.57. The number of carbonyl (C=O) groups excluding carboxylic acids is 2. The van der Waals surface area contributed by atoms with Crippen LogP contribution in [0, 0.1) is 0 Å². The van der Waals surface area contributed by atoms with Crippen molar-refractivity contribution in [2.75, 3.05) is 34.5 Å². The number of ether oxygens (including phenoxy) is 5. The number of hydrogen-bond acceptors (Lipinski definition) is 7. The van der Waals surface area contributed by atoms with Gasteiger partial charge in [0.15, 0.2) is 24.7 Å². The lowest BCUT2D eigenvalue weighted by Crippen LogP contribution is -2.19. The van der Waals surface area contributed by atoms with Crippen LogP contribution in [0.1, 0.15) is 10.4 Å². The average molecular weight is 436 g/mol. The summed E-state index contributed by atoms with van der Waals surface area (Å²) < 4.78 is 26.2. The summed E-state index contributed by atoms with van der Waals surface area (Å²) in [6, 6.07) is 20.3. The lowest BCUT2D eigenvalue weighted by molar-refractivity contribution is -0.144. The molecule has 3 aromatic carbocycles. The summed E-state index contributed by atoms with van der Waals surface area (Å²) in [5.74, 6) is 0.503. The van der Waals surface area contributed by atoms with Gasteiger partial charge in [-0.2, -0.15) is 0 Å². The van der Waals surface area contributed by atoms with Gasteiger partial charge in [0.05, 0.1) is 21.3 Å². The molecule has 3 aromatic rings. The van der Waals surface area contributed by atoms with E-state index < -0.39 is 18.4 Å². The highest BCUT2D eigenvalue weighted by atomic mass is 16.6. The second-order valence-corrected chi connectivity index (χ2v) is 6.68. The highest BCUT2D eigenvalue weighted by molar-refractivity contribution is 5.99. The molecular weight excluding hydrogens is 412 g/mol. The lowest BCUT2D eigenvalue weighted by atomic mass is 10.1. The molecule has 0 fully saturated rings. The quantitative estimate of drug-likeness (QED) is 0.348. The predicted octanol–water partition coefficient (Wildman–Crippen LogP) is 4.18. The minimum atomic E-state index is -0.655. The third-order valence-electron chi connectivity index (χ3n) is 4.67. The zero-order chi connectivity index (χ0) is 22.9. The molecule has 3 rings (SSSR count). The van der Waals surface area contributed by atoms with E-state index in [1.165, 1.54) is 33.5 Å². The van der Waals surface area contributed by atoms with Crippen molar-refractivity contribution in [1.82, 2.24) is 0 Å². The Balaban J connectivity index is 1.53. The summed E-state index contributed by atoms with van der Waals surface area (Å²) in [5.41, 5.74) is 2.39. The first kappa shape index (κ1) is 22.7. The Labute approximate surface area is 186 Å². The summed E-state index contributed by atoms with van der Waals surface area (Å²) in [5, 5.41) is 0.